The molecule has 0 bridgehead atoms. The van der Waals surface area contributed by atoms with Crippen LogP contribution in [-0.4, -0.2) is 24.0 Å². The van der Waals surface area contributed by atoms with Crippen molar-refractivity contribution in [3.05, 3.63) is 34.4 Å². The first-order chi connectivity index (χ1) is 8.42. The summed E-state index contributed by atoms with van der Waals surface area (Å²) in [4.78, 5) is 9.29. The average Bonchev–Trinajstić information content (AvgIpc) is 2.37. The third kappa shape index (κ3) is 1.80. The highest BCUT2D eigenvalue weighted by atomic mass is 14.9. The second-order valence-electron chi connectivity index (χ2n) is 5.37. The smallest absolute Gasteiger partial charge is 0.0796 e. The molecule has 0 fully saturated rings. The van der Waals surface area contributed by atoms with Gasteiger partial charge in [0.05, 0.1) is 17.0 Å². The van der Waals surface area contributed by atoms with Gasteiger partial charge >= 0.3 is 0 Å². The molecular weight excluding hydrogens is 220 g/mol. The van der Waals surface area contributed by atoms with Gasteiger partial charge in [0.2, 0.25) is 0 Å². The van der Waals surface area contributed by atoms with Crippen molar-refractivity contribution in [3.63, 3.8) is 0 Å². The number of aliphatic imine (C=N–C) groups is 2. The molecule has 0 saturated heterocycles. The van der Waals surface area contributed by atoms with Gasteiger partial charge in [-0.2, -0.15) is 0 Å². The van der Waals surface area contributed by atoms with Crippen molar-refractivity contribution in [2.75, 3.05) is 7.05 Å². The van der Waals surface area contributed by atoms with Crippen LogP contribution in [0, 0.1) is 0 Å². The molecule has 0 N–H and O–H groups in total. The molecule has 1 aliphatic heterocycles. The summed E-state index contributed by atoms with van der Waals surface area (Å²) in [5.41, 5.74) is 7.34. The molecule has 0 spiro atoms. The van der Waals surface area contributed by atoms with Gasteiger partial charge in [-0.3, -0.25) is 9.98 Å². The zero-order valence-electron chi connectivity index (χ0n) is 12.3. The lowest BCUT2D eigenvalue weighted by Gasteiger charge is -2.35. The molecule has 0 amide bonds. The minimum absolute atomic E-state index is 0.0489. The predicted molar refractivity (Wildman–Crippen MR) is 79.7 cm³/mol. The predicted octanol–water partition coefficient (Wildman–Crippen LogP) is 3.90. The quantitative estimate of drug-likeness (QED) is 0.623. The Hall–Kier alpha value is -1.44. The highest BCUT2D eigenvalue weighted by molar-refractivity contribution is 6.26. The van der Waals surface area contributed by atoms with Crippen LogP contribution in [0.1, 0.15) is 41.0 Å². The summed E-state index contributed by atoms with van der Waals surface area (Å²) in [6.07, 6.45) is 5.31. The van der Waals surface area contributed by atoms with E-state index in [0.717, 1.165) is 17.8 Å². The topological polar surface area (TPSA) is 24.7 Å². The van der Waals surface area contributed by atoms with Crippen LogP contribution in [0.3, 0.4) is 0 Å². The van der Waals surface area contributed by atoms with E-state index in [4.69, 9.17) is 4.99 Å². The molecule has 2 aliphatic rings. The SMILES string of the molecule is CCC1(C)N=C2C(C)=CC(=NC)C=C2C(C)=C1C. The number of nitrogens with zero attached hydrogens (tertiary/aromatic N) is 2. The number of hydrogen-bond acceptors (Lipinski definition) is 2. The number of allylic oxidation sites excluding steroid dienone is 5. The summed E-state index contributed by atoms with van der Waals surface area (Å²) in [5.74, 6) is 0. The Kier molecular flexibility index (Phi) is 3.14. The minimum atomic E-state index is -0.0489. The van der Waals surface area contributed by atoms with Gasteiger partial charge in [-0.1, -0.05) is 6.92 Å². The van der Waals surface area contributed by atoms with Crippen LogP contribution in [0.15, 0.2) is 44.4 Å². The molecule has 2 rings (SSSR count). The Morgan fingerprint density at radius 2 is 1.89 bits per heavy atom. The van der Waals surface area contributed by atoms with Gasteiger partial charge in [-0.25, -0.2) is 0 Å². The molecule has 0 aromatic carbocycles. The van der Waals surface area contributed by atoms with E-state index in [1.165, 1.54) is 22.3 Å². The van der Waals surface area contributed by atoms with Crippen LogP contribution in [0.4, 0.5) is 0 Å². The minimum Gasteiger partial charge on any atom is -0.289 e. The maximum absolute atomic E-state index is 5.00. The van der Waals surface area contributed by atoms with Crippen molar-refractivity contribution in [3.8, 4) is 0 Å². The zero-order chi connectivity index (χ0) is 13.5. The Labute approximate surface area is 110 Å². The molecule has 2 nitrogen and oxygen atoms in total. The molecule has 1 unspecified atom stereocenters. The van der Waals surface area contributed by atoms with Gasteiger partial charge in [-0.15, -0.1) is 0 Å². The first-order valence-electron chi connectivity index (χ1n) is 6.58. The third-order valence-electron chi connectivity index (χ3n) is 4.36. The molecule has 2 heteroatoms. The number of dihydropyridines is 1. The van der Waals surface area contributed by atoms with E-state index in [-0.39, 0.29) is 5.54 Å². The summed E-state index contributed by atoms with van der Waals surface area (Å²) < 4.78 is 0. The number of fused-ring (bicyclic) bond motifs is 1. The fourth-order valence-electron chi connectivity index (χ4n) is 2.60. The van der Waals surface area contributed by atoms with Crippen LogP contribution in [-0.2, 0) is 0 Å². The van der Waals surface area contributed by atoms with E-state index in [0.29, 0.717) is 0 Å². The Morgan fingerprint density at radius 1 is 1.22 bits per heavy atom. The molecule has 0 aromatic rings. The number of rotatable bonds is 1. The standard InChI is InChI=1S/C16H22N2/c1-7-16(5)12(4)11(3)14-9-13(17-6)8-10(2)15(14)18-16/h8-9H,7H2,1-6H3. The van der Waals surface area contributed by atoms with Crippen molar-refractivity contribution < 1.29 is 0 Å². The van der Waals surface area contributed by atoms with Gasteiger partial charge in [0.25, 0.3) is 0 Å². The summed E-state index contributed by atoms with van der Waals surface area (Å²) in [5, 5.41) is 0. The molecule has 1 atom stereocenters. The summed E-state index contributed by atoms with van der Waals surface area (Å²) >= 11 is 0. The normalized spacial score (nSPS) is 29.9. The van der Waals surface area contributed by atoms with Gasteiger partial charge in [0.1, 0.15) is 0 Å². The summed E-state index contributed by atoms with van der Waals surface area (Å²) in [6.45, 7) is 11.0. The van der Waals surface area contributed by atoms with Crippen molar-refractivity contribution in [1.82, 2.24) is 0 Å². The summed E-state index contributed by atoms with van der Waals surface area (Å²) in [6, 6.07) is 0. The Bertz CT molecular complexity index is 541. The maximum atomic E-state index is 5.00. The van der Waals surface area contributed by atoms with E-state index in [1.54, 1.807) is 0 Å². The van der Waals surface area contributed by atoms with E-state index in [1.807, 2.05) is 7.05 Å². The monoisotopic (exact) mass is 242 g/mol. The molecule has 96 valence electrons. The molecular formula is C16H22N2. The second-order valence-corrected chi connectivity index (χ2v) is 5.37. The van der Waals surface area contributed by atoms with Crippen LogP contribution in [0.5, 0.6) is 0 Å². The van der Waals surface area contributed by atoms with Crippen LogP contribution in [0.2, 0.25) is 0 Å². The van der Waals surface area contributed by atoms with Crippen LogP contribution < -0.4 is 0 Å². The highest BCUT2D eigenvalue weighted by Crippen LogP contribution is 2.38. The first kappa shape index (κ1) is 13.0. The van der Waals surface area contributed by atoms with Crippen LogP contribution in [0.25, 0.3) is 0 Å². The molecule has 1 aliphatic carbocycles. The van der Waals surface area contributed by atoms with E-state index in [2.05, 4.69) is 51.8 Å². The first-order valence-corrected chi connectivity index (χ1v) is 6.58. The fourth-order valence-corrected chi connectivity index (χ4v) is 2.60. The van der Waals surface area contributed by atoms with Crippen molar-refractivity contribution in [2.24, 2.45) is 9.98 Å². The van der Waals surface area contributed by atoms with Gasteiger partial charge < -0.3 is 0 Å². The molecule has 18 heavy (non-hydrogen) atoms. The lowest BCUT2D eigenvalue weighted by Crippen LogP contribution is -2.32. The highest BCUT2D eigenvalue weighted by Gasteiger charge is 2.33. The van der Waals surface area contributed by atoms with Gasteiger partial charge in [0.15, 0.2) is 0 Å². The molecule has 0 aromatic heterocycles. The molecule has 1 heterocycles. The zero-order valence-corrected chi connectivity index (χ0v) is 12.3. The Balaban J connectivity index is 2.64. The number of hydrogen-bond donors (Lipinski definition) is 0. The largest absolute Gasteiger partial charge is 0.289 e. The van der Waals surface area contributed by atoms with Gasteiger partial charge in [0, 0.05) is 12.6 Å². The molecule has 0 radical (unpaired) electrons. The lowest BCUT2D eigenvalue weighted by atomic mass is 9.78. The Morgan fingerprint density at radius 3 is 2.44 bits per heavy atom. The third-order valence-corrected chi connectivity index (χ3v) is 4.36. The average molecular weight is 242 g/mol. The van der Waals surface area contributed by atoms with Crippen LogP contribution >= 0.6 is 0 Å². The van der Waals surface area contributed by atoms with Crippen molar-refractivity contribution >= 4 is 11.4 Å². The van der Waals surface area contributed by atoms with Crippen molar-refractivity contribution in [1.29, 1.82) is 0 Å². The van der Waals surface area contributed by atoms with Gasteiger partial charge in [-0.05, 0) is 63.0 Å². The lowest BCUT2D eigenvalue weighted by molar-refractivity contribution is 0.525. The fraction of sp³-hybridized carbons (Fsp3) is 0.500. The molecule has 0 saturated carbocycles. The van der Waals surface area contributed by atoms with Crippen molar-refractivity contribution in [2.45, 2.75) is 46.6 Å². The van der Waals surface area contributed by atoms with E-state index < -0.39 is 0 Å². The van der Waals surface area contributed by atoms with E-state index >= 15 is 0 Å². The summed E-state index contributed by atoms with van der Waals surface area (Å²) in [7, 11) is 1.84. The maximum Gasteiger partial charge on any atom is 0.0796 e. The van der Waals surface area contributed by atoms with E-state index in [9.17, 15) is 0 Å². The second kappa shape index (κ2) is 4.34.